The molecule has 2 aromatic carbocycles. The van der Waals surface area contributed by atoms with Gasteiger partial charge in [-0.25, -0.2) is 0 Å². The lowest BCUT2D eigenvalue weighted by Gasteiger charge is -1.91. The van der Waals surface area contributed by atoms with Gasteiger partial charge in [0.15, 0.2) is 0 Å². The molecule has 0 atom stereocenters. The third-order valence-corrected chi connectivity index (χ3v) is 1.88. The van der Waals surface area contributed by atoms with Gasteiger partial charge in [-0.3, -0.25) is 0 Å². The van der Waals surface area contributed by atoms with E-state index in [9.17, 15) is 0 Å². The summed E-state index contributed by atoms with van der Waals surface area (Å²) < 4.78 is 0. The first-order valence-corrected chi connectivity index (χ1v) is 5.39. The number of hydrogen-bond donors (Lipinski definition) is 0. The van der Waals surface area contributed by atoms with Crippen LogP contribution in [0.5, 0.6) is 0 Å². The van der Waals surface area contributed by atoms with Crippen molar-refractivity contribution in [1.29, 1.82) is 5.26 Å². The van der Waals surface area contributed by atoms with Crippen molar-refractivity contribution in [2.45, 2.75) is 0 Å². The average molecular weight is 235 g/mol. The van der Waals surface area contributed by atoms with Crippen molar-refractivity contribution in [3.05, 3.63) is 73.3 Å². The van der Waals surface area contributed by atoms with Crippen molar-refractivity contribution >= 4 is 11.4 Å². The zero-order valence-electron chi connectivity index (χ0n) is 9.90. The highest BCUT2D eigenvalue weighted by Gasteiger charge is 1.86. The van der Waals surface area contributed by atoms with Crippen molar-refractivity contribution in [2.75, 3.05) is 0 Å². The molecule has 3 heteroatoms. The van der Waals surface area contributed by atoms with Gasteiger partial charge < -0.3 is 0 Å². The maximum Gasteiger partial charge on any atom is 0.0905 e. The van der Waals surface area contributed by atoms with Gasteiger partial charge in [-0.2, -0.15) is 15.5 Å². The highest BCUT2D eigenvalue weighted by atomic mass is 15.1. The topological polar surface area (TPSA) is 48.5 Å². The SMILES string of the molecule is C=CC#N.c1ccc(/N=N/c2ccccc2)cc1. The van der Waals surface area contributed by atoms with Crippen LogP contribution in [0.1, 0.15) is 0 Å². The minimum Gasteiger partial charge on any atom is -0.193 e. The van der Waals surface area contributed by atoms with Gasteiger partial charge in [-0.15, -0.1) is 0 Å². The number of benzene rings is 2. The second-order valence-corrected chi connectivity index (χ2v) is 3.20. The maximum absolute atomic E-state index is 7.51. The Kier molecular flexibility index (Phi) is 6.24. The van der Waals surface area contributed by atoms with E-state index in [1.165, 1.54) is 6.08 Å². The Bertz CT molecular complexity index is 483. The molecular formula is C15H13N3. The van der Waals surface area contributed by atoms with Crippen LogP contribution >= 0.6 is 0 Å². The summed E-state index contributed by atoms with van der Waals surface area (Å²) in [5.41, 5.74) is 1.74. The van der Waals surface area contributed by atoms with Gasteiger partial charge in [0.05, 0.1) is 17.4 Å². The van der Waals surface area contributed by atoms with Crippen LogP contribution in [0.25, 0.3) is 0 Å². The van der Waals surface area contributed by atoms with Crippen LogP contribution < -0.4 is 0 Å². The molecule has 3 nitrogen and oxygen atoms in total. The van der Waals surface area contributed by atoms with Crippen LogP contribution in [-0.4, -0.2) is 0 Å². The quantitative estimate of drug-likeness (QED) is 0.545. The summed E-state index contributed by atoms with van der Waals surface area (Å²) >= 11 is 0. The van der Waals surface area contributed by atoms with E-state index in [1.54, 1.807) is 6.07 Å². The Morgan fingerprint density at radius 1 is 0.833 bits per heavy atom. The summed E-state index contributed by atoms with van der Waals surface area (Å²) in [4.78, 5) is 0. The van der Waals surface area contributed by atoms with E-state index < -0.39 is 0 Å². The molecule has 0 N–H and O–H groups in total. The monoisotopic (exact) mass is 235 g/mol. The van der Waals surface area contributed by atoms with Gasteiger partial charge in [-0.1, -0.05) is 43.0 Å². The Morgan fingerprint density at radius 2 is 1.17 bits per heavy atom. The predicted octanol–water partition coefficient (Wildman–Crippen LogP) is 4.80. The molecular weight excluding hydrogens is 222 g/mol. The summed E-state index contributed by atoms with van der Waals surface area (Å²) in [6.45, 7) is 3.12. The molecule has 2 rings (SSSR count). The highest BCUT2D eigenvalue weighted by Crippen LogP contribution is 2.16. The molecule has 88 valence electrons. The van der Waals surface area contributed by atoms with Gasteiger partial charge >= 0.3 is 0 Å². The van der Waals surface area contributed by atoms with Crippen molar-refractivity contribution in [2.24, 2.45) is 10.2 Å². The first-order valence-electron chi connectivity index (χ1n) is 5.39. The third-order valence-electron chi connectivity index (χ3n) is 1.88. The minimum absolute atomic E-state index is 0.872. The Morgan fingerprint density at radius 3 is 1.44 bits per heavy atom. The van der Waals surface area contributed by atoms with Crippen molar-refractivity contribution in [3.8, 4) is 6.07 Å². The molecule has 0 amide bonds. The van der Waals surface area contributed by atoms with Gasteiger partial charge in [0.25, 0.3) is 0 Å². The molecule has 0 radical (unpaired) electrons. The van der Waals surface area contributed by atoms with Crippen molar-refractivity contribution in [1.82, 2.24) is 0 Å². The molecule has 2 aromatic rings. The summed E-state index contributed by atoms with van der Waals surface area (Å²) in [6.07, 6.45) is 1.18. The molecule has 0 bridgehead atoms. The Hall–Kier alpha value is -2.73. The van der Waals surface area contributed by atoms with Gasteiger partial charge in [0.2, 0.25) is 0 Å². The molecule has 0 saturated carbocycles. The minimum atomic E-state index is 0.872. The van der Waals surface area contributed by atoms with E-state index in [4.69, 9.17) is 5.26 Å². The molecule has 18 heavy (non-hydrogen) atoms. The zero-order chi connectivity index (χ0) is 13.1. The van der Waals surface area contributed by atoms with E-state index in [0.717, 1.165) is 11.4 Å². The first kappa shape index (κ1) is 13.3. The fourth-order valence-corrected chi connectivity index (χ4v) is 1.10. The summed E-state index contributed by atoms with van der Waals surface area (Å²) in [5.74, 6) is 0. The molecule has 0 aliphatic rings. The smallest absolute Gasteiger partial charge is 0.0905 e. The van der Waals surface area contributed by atoms with Gasteiger partial charge in [-0.05, 0) is 24.3 Å². The van der Waals surface area contributed by atoms with Crippen LogP contribution in [0.4, 0.5) is 11.4 Å². The van der Waals surface area contributed by atoms with E-state index in [2.05, 4.69) is 16.8 Å². The molecule has 0 saturated heterocycles. The molecule has 0 aliphatic carbocycles. The van der Waals surface area contributed by atoms with Crippen LogP contribution in [-0.2, 0) is 0 Å². The van der Waals surface area contributed by atoms with Gasteiger partial charge in [0.1, 0.15) is 0 Å². The van der Waals surface area contributed by atoms with Crippen molar-refractivity contribution in [3.63, 3.8) is 0 Å². The van der Waals surface area contributed by atoms with Crippen LogP contribution in [0.3, 0.4) is 0 Å². The van der Waals surface area contributed by atoms with E-state index >= 15 is 0 Å². The number of nitrogens with zero attached hydrogens (tertiary/aromatic N) is 3. The number of azo groups is 1. The largest absolute Gasteiger partial charge is 0.193 e. The zero-order valence-corrected chi connectivity index (χ0v) is 9.90. The second-order valence-electron chi connectivity index (χ2n) is 3.20. The highest BCUT2D eigenvalue weighted by molar-refractivity contribution is 5.39. The molecule has 0 spiro atoms. The summed E-state index contributed by atoms with van der Waals surface area (Å²) in [5, 5.41) is 15.7. The molecule has 0 aromatic heterocycles. The lowest BCUT2D eigenvalue weighted by Crippen LogP contribution is -1.62. The molecule has 0 fully saturated rings. The number of rotatable bonds is 2. The number of hydrogen-bond acceptors (Lipinski definition) is 3. The Balaban J connectivity index is 0.000000357. The third kappa shape index (κ3) is 5.38. The van der Waals surface area contributed by atoms with Gasteiger partial charge in [0, 0.05) is 6.08 Å². The normalized spacial score (nSPS) is 9.06. The van der Waals surface area contributed by atoms with Crippen LogP contribution in [0, 0.1) is 11.3 Å². The molecule has 0 heterocycles. The fourth-order valence-electron chi connectivity index (χ4n) is 1.10. The standard InChI is InChI=1S/C12H10N2.C3H3N/c1-3-7-11(8-4-1)13-14-12-9-5-2-6-10-12;1-2-3-4/h1-10H;2H,1H2/b14-13+;. The molecule has 0 unspecified atom stereocenters. The summed E-state index contributed by atoms with van der Waals surface area (Å²) in [7, 11) is 0. The van der Waals surface area contributed by atoms with E-state index in [0.29, 0.717) is 0 Å². The van der Waals surface area contributed by atoms with Crippen LogP contribution in [0.2, 0.25) is 0 Å². The molecule has 0 aliphatic heterocycles. The fraction of sp³-hybridized carbons (Fsp3) is 0. The lowest BCUT2D eigenvalue weighted by atomic mass is 10.3. The van der Waals surface area contributed by atoms with E-state index in [1.807, 2.05) is 60.7 Å². The summed E-state index contributed by atoms with van der Waals surface area (Å²) in [6, 6.07) is 21.1. The lowest BCUT2D eigenvalue weighted by molar-refractivity contribution is 1.23. The van der Waals surface area contributed by atoms with E-state index in [-0.39, 0.29) is 0 Å². The predicted molar refractivity (Wildman–Crippen MR) is 72.9 cm³/mol. The van der Waals surface area contributed by atoms with Crippen LogP contribution in [0.15, 0.2) is 83.5 Å². The first-order chi connectivity index (χ1) is 8.86. The number of nitriles is 1. The van der Waals surface area contributed by atoms with Crippen molar-refractivity contribution < 1.29 is 0 Å². The average Bonchev–Trinajstić information content (AvgIpc) is 2.47. The maximum atomic E-state index is 7.51. The Labute approximate surface area is 107 Å². The number of allylic oxidation sites excluding steroid dienone is 1. The second kappa shape index (κ2) is 8.43.